The predicted octanol–water partition coefficient (Wildman–Crippen LogP) is 4.93. The van der Waals surface area contributed by atoms with Crippen LogP contribution in [-0.4, -0.2) is 30.1 Å². The molecular formula is C24H20N2O2S. The van der Waals surface area contributed by atoms with Gasteiger partial charge in [-0.2, -0.15) is 0 Å². The second-order valence-corrected chi connectivity index (χ2v) is 8.26. The smallest absolute Gasteiger partial charge is 0.338 e. The van der Waals surface area contributed by atoms with Crippen LogP contribution in [-0.2, 0) is 11.2 Å². The van der Waals surface area contributed by atoms with Gasteiger partial charge in [0.25, 0.3) is 0 Å². The van der Waals surface area contributed by atoms with Crippen LogP contribution in [0.2, 0.25) is 0 Å². The molecule has 1 fully saturated rings. The number of rotatable bonds is 5. The monoisotopic (exact) mass is 400 g/mol. The molecule has 1 saturated heterocycles. The molecule has 29 heavy (non-hydrogen) atoms. The van der Waals surface area contributed by atoms with Crippen LogP contribution in [0.1, 0.15) is 21.5 Å². The molecule has 3 aromatic carbocycles. The van der Waals surface area contributed by atoms with E-state index in [0.717, 1.165) is 17.1 Å². The van der Waals surface area contributed by atoms with E-state index in [1.807, 2.05) is 60.7 Å². The minimum Gasteiger partial charge on any atom is -0.455 e. The zero-order valence-corrected chi connectivity index (χ0v) is 16.6. The molecule has 1 aliphatic heterocycles. The van der Waals surface area contributed by atoms with E-state index in [2.05, 4.69) is 28.1 Å². The summed E-state index contributed by atoms with van der Waals surface area (Å²) in [7, 11) is 0. The highest BCUT2D eigenvalue weighted by Gasteiger charge is 2.32. The topological polar surface area (TPSA) is 42.4 Å². The standard InChI is InChI=1S/C24H20N2O2S/c27-23(19-12-10-18(11-13-19)14-17-6-2-1-3-7-17)28-20-15-26(16-20)24-25-21-8-4-5-9-22(21)29-24/h1-13,20H,14-16H2. The van der Waals surface area contributed by atoms with Crippen LogP contribution in [0.15, 0.2) is 78.9 Å². The van der Waals surface area contributed by atoms with E-state index < -0.39 is 0 Å². The van der Waals surface area contributed by atoms with E-state index >= 15 is 0 Å². The van der Waals surface area contributed by atoms with Crippen LogP contribution in [0.5, 0.6) is 0 Å². The van der Waals surface area contributed by atoms with E-state index in [0.29, 0.717) is 18.7 Å². The molecule has 0 amide bonds. The lowest BCUT2D eigenvalue weighted by atomic mass is 10.0. The zero-order chi connectivity index (χ0) is 19.6. The van der Waals surface area contributed by atoms with Gasteiger partial charge in [0, 0.05) is 0 Å². The Balaban J connectivity index is 1.16. The first-order chi connectivity index (χ1) is 14.2. The summed E-state index contributed by atoms with van der Waals surface area (Å²) >= 11 is 1.68. The Bertz CT molecular complexity index is 1100. The number of hydrogen-bond acceptors (Lipinski definition) is 5. The minimum absolute atomic E-state index is 0.0847. The Kier molecular flexibility index (Phi) is 4.74. The Morgan fingerprint density at radius 2 is 1.62 bits per heavy atom. The first-order valence-corrected chi connectivity index (χ1v) is 10.5. The van der Waals surface area contributed by atoms with Crippen molar-refractivity contribution in [2.45, 2.75) is 12.5 Å². The normalized spacial score (nSPS) is 14.0. The molecule has 0 radical (unpaired) electrons. The third-order valence-corrected chi connectivity index (χ3v) is 6.21. The van der Waals surface area contributed by atoms with E-state index in [-0.39, 0.29) is 12.1 Å². The maximum Gasteiger partial charge on any atom is 0.338 e. The fraction of sp³-hybridized carbons (Fsp3) is 0.167. The number of carbonyl (C=O) groups excluding carboxylic acids is 1. The molecule has 0 spiro atoms. The molecule has 1 aliphatic rings. The third kappa shape index (κ3) is 3.87. The summed E-state index contributed by atoms with van der Waals surface area (Å²) in [4.78, 5) is 19.3. The first kappa shape index (κ1) is 17.9. The lowest BCUT2D eigenvalue weighted by Gasteiger charge is -2.38. The van der Waals surface area contributed by atoms with Crippen molar-refractivity contribution in [3.05, 3.63) is 95.6 Å². The molecule has 0 N–H and O–H groups in total. The summed E-state index contributed by atoms with van der Waals surface area (Å²) in [6.45, 7) is 1.38. The largest absolute Gasteiger partial charge is 0.455 e. The van der Waals surface area contributed by atoms with Crippen LogP contribution in [0.3, 0.4) is 0 Å². The molecule has 5 rings (SSSR count). The Labute approximate surface area is 173 Å². The summed E-state index contributed by atoms with van der Waals surface area (Å²) in [6.07, 6.45) is 0.772. The lowest BCUT2D eigenvalue weighted by Crippen LogP contribution is -2.53. The van der Waals surface area contributed by atoms with Crippen molar-refractivity contribution in [3.8, 4) is 0 Å². The second-order valence-electron chi connectivity index (χ2n) is 7.26. The van der Waals surface area contributed by atoms with Crippen LogP contribution >= 0.6 is 11.3 Å². The predicted molar refractivity (Wildman–Crippen MR) is 117 cm³/mol. The molecule has 1 aromatic heterocycles. The molecule has 144 valence electrons. The van der Waals surface area contributed by atoms with Crippen LogP contribution in [0, 0.1) is 0 Å². The summed E-state index contributed by atoms with van der Waals surface area (Å²) in [5, 5.41) is 0.990. The number of thiazole rings is 1. The van der Waals surface area contributed by atoms with Gasteiger partial charge in [0.2, 0.25) is 0 Å². The van der Waals surface area contributed by atoms with Crippen LogP contribution < -0.4 is 4.90 Å². The summed E-state index contributed by atoms with van der Waals surface area (Å²) in [5.41, 5.74) is 4.05. The number of ether oxygens (including phenoxy) is 1. The Hall–Kier alpha value is -3.18. The maximum atomic E-state index is 12.4. The number of nitrogens with zero attached hydrogens (tertiary/aromatic N) is 2. The molecule has 0 atom stereocenters. The number of esters is 1. The fourth-order valence-electron chi connectivity index (χ4n) is 3.47. The van der Waals surface area contributed by atoms with Crippen molar-refractivity contribution in [2.75, 3.05) is 18.0 Å². The van der Waals surface area contributed by atoms with Gasteiger partial charge < -0.3 is 9.64 Å². The van der Waals surface area contributed by atoms with E-state index in [4.69, 9.17) is 4.74 Å². The molecule has 0 unspecified atom stereocenters. The molecule has 0 saturated carbocycles. The van der Waals surface area contributed by atoms with Gasteiger partial charge >= 0.3 is 5.97 Å². The van der Waals surface area contributed by atoms with Gasteiger partial charge in [0.05, 0.1) is 28.9 Å². The number of para-hydroxylation sites is 1. The summed E-state index contributed by atoms with van der Waals surface area (Å²) < 4.78 is 6.83. The van der Waals surface area contributed by atoms with E-state index in [1.54, 1.807) is 11.3 Å². The summed E-state index contributed by atoms with van der Waals surface area (Å²) in [5.74, 6) is -0.259. The van der Waals surface area contributed by atoms with Crippen LogP contribution in [0.4, 0.5) is 5.13 Å². The second kappa shape index (κ2) is 7.68. The maximum absolute atomic E-state index is 12.4. The number of aromatic nitrogens is 1. The molecule has 5 heteroatoms. The minimum atomic E-state index is -0.259. The fourth-order valence-corrected chi connectivity index (χ4v) is 4.46. The lowest BCUT2D eigenvalue weighted by molar-refractivity contribution is 0.0234. The van der Waals surface area contributed by atoms with Gasteiger partial charge in [0.15, 0.2) is 5.13 Å². The highest BCUT2D eigenvalue weighted by atomic mass is 32.1. The number of hydrogen-bond donors (Lipinski definition) is 0. The summed E-state index contributed by atoms with van der Waals surface area (Å²) in [6, 6.07) is 26.1. The van der Waals surface area contributed by atoms with Gasteiger partial charge in [-0.1, -0.05) is 65.9 Å². The average Bonchev–Trinajstić information content (AvgIpc) is 3.15. The molecule has 0 bridgehead atoms. The SMILES string of the molecule is O=C(OC1CN(c2nc3ccccc3s2)C1)c1ccc(Cc2ccccc2)cc1. The molecular weight excluding hydrogens is 380 g/mol. The van der Waals surface area contributed by atoms with Gasteiger partial charge in [-0.25, -0.2) is 9.78 Å². The molecule has 4 aromatic rings. The van der Waals surface area contributed by atoms with Crippen molar-refractivity contribution >= 4 is 32.7 Å². The Morgan fingerprint density at radius 1 is 0.931 bits per heavy atom. The Morgan fingerprint density at radius 3 is 2.38 bits per heavy atom. The molecule has 4 nitrogen and oxygen atoms in total. The quantitative estimate of drug-likeness (QED) is 0.446. The van der Waals surface area contributed by atoms with Crippen molar-refractivity contribution in [1.29, 1.82) is 0 Å². The number of carbonyl (C=O) groups is 1. The average molecular weight is 401 g/mol. The van der Waals surface area contributed by atoms with Gasteiger partial charge in [-0.3, -0.25) is 0 Å². The first-order valence-electron chi connectivity index (χ1n) is 9.69. The zero-order valence-electron chi connectivity index (χ0n) is 15.8. The van der Waals surface area contributed by atoms with E-state index in [1.165, 1.54) is 15.8 Å². The third-order valence-electron chi connectivity index (χ3n) is 5.12. The highest BCUT2D eigenvalue weighted by molar-refractivity contribution is 7.22. The number of anilines is 1. The molecule has 0 aliphatic carbocycles. The van der Waals surface area contributed by atoms with Gasteiger partial charge in [-0.15, -0.1) is 0 Å². The van der Waals surface area contributed by atoms with E-state index in [9.17, 15) is 4.79 Å². The van der Waals surface area contributed by atoms with Crippen molar-refractivity contribution in [2.24, 2.45) is 0 Å². The van der Waals surface area contributed by atoms with Crippen molar-refractivity contribution in [3.63, 3.8) is 0 Å². The van der Waals surface area contributed by atoms with Crippen molar-refractivity contribution < 1.29 is 9.53 Å². The highest BCUT2D eigenvalue weighted by Crippen LogP contribution is 2.31. The number of fused-ring (bicyclic) bond motifs is 1. The van der Waals surface area contributed by atoms with Gasteiger partial charge in [0.1, 0.15) is 6.10 Å². The molecule has 2 heterocycles. The number of benzene rings is 3. The van der Waals surface area contributed by atoms with Crippen LogP contribution in [0.25, 0.3) is 10.2 Å². The van der Waals surface area contributed by atoms with Gasteiger partial charge in [-0.05, 0) is 41.8 Å². The van der Waals surface area contributed by atoms with Crippen molar-refractivity contribution in [1.82, 2.24) is 4.98 Å².